The molecule has 5 heterocycles. The highest BCUT2D eigenvalue weighted by Crippen LogP contribution is 2.35. The zero-order chi connectivity index (χ0) is 29.1. The Kier molecular flexibility index (Phi) is 5.81. The fourth-order valence-electron chi connectivity index (χ4n) is 6.13. The van der Waals surface area contributed by atoms with E-state index in [0.717, 1.165) is 34.3 Å². The third kappa shape index (κ3) is 4.25. The smallest absolute Gasteiger partial charge is 0.242 e. The molecule has 0 aliphatic carbocycles. The predicted molar refractivity (Wildman–Crippen MR) is 155 cm³/mol. The molecule has 1 saturated heterocycles. The standard InChI is InChI=1S/C31H24F2N8O2/c32-19-7-8-26(24(33)12-19)41-30-23(14-38-41)29(35-16-36-30)40-15-21-13-27(40)31(42)34-9-10-39-17-37-25-6-2-5-22(28(25)39)18-3-1-4-20(11-18)43-21/h1-8,11-12,14,16-17,21,27H,9-10,13,15H2,(H,34,42)/t21-,27-/m0/s1. The maximum absolute atomic E-state index is 14.7. The number of carbonyl (C=O) groups excluding carboxylic acids is 1. The maximum Gasteiger partial charge on any atom is 0.242 e. The van der Waals surface area contributed by atoms with Gasteiger partial charge in [0.15, 0.2) is 11.5 Å². The molecule has 3 aromatic heterocycles. The average Bonchev–Trinajstić information content (AvgIpc) is 3.74. The van der Waals surface area contributed by atoms with Gasteiger partial charge in [-0.15, -0.1) is 0 Å². The molecular weight excluding hydrogens is 554 g/mol. The summed E-state index contributed by atoms with van der Waals surface area (Å²) in [7, 11) is 0. The summed E-state index contributed by atoms with van der Waals surface area (Å²) < 4.78 is 38.1. The molecule has 0 unspecified atom stereocenters. The first-order valence-corrected chi connectivity index (χ1v) is 13.9. The van der Waals surface area contributed by atoms with E-state index in [1.165, 1.54) is 23.3 Å². The van der Waals surface area contributed by atoms with Crippen molar-refractivity contribution >= 4 is 33.8 Å². The molecule has 8 rings (SSSR count). The molecule has 10 nitrogen and oxygen atoms in total. The van der Waals surface area contributed by atoms with Crippen LogP contribution >= 0.6 is 0 Å². The summed E-state index contributed by atoms with van der Waals surface area (Å²) in [5.74, 6) is -0.450. The van der Waals surface area contributed by atoms with Crippen molar-refractivity contribution in [2.45, 2.75) is 25.1 Å². The van der Waals surface area contributed by atoms with Crippen LogP contribution in [0, 0.1) is 11.6 Å². The number of anilines is 1. The van der Waals surface area contributed by atoms with Gasteiger partial charge >= 0.3 is 0 Å². The minimum atomic E-state index is -0.769. The van der Waals surface area contributed by atoms with Crippen LogP contribution in [0.2, 0.25) is 0 Å². The van der Waals surface area contributed by atoms with Crippen molar-refractivity contribution in [3.63, 3.8) is 0 Å². The highest BCUT2D eigenvalue weighted by Gasteiger charge is 2.40. The number of imidazole rings is 1. The molecule has 3 aromatic carbocycles. The molecule has 214 valence electrons. The van der Waals surface area contributed by atoms with Crippen molar-refractivity contribution in [1.82, 2.24) is 34.6 Å². The van der Waals surface area contributed by atoms with E-state index in [0.29, 0.717) is 48.7 Å². The Labute approximate surface area is 243 Å². The van der Waals surface area contributed by atoms with Gasteiger partial charge in [0.2, 0.25) is 5.91 Å². The van der Waals surface area contributed by atoms with Crippen LogP contribution < -0.4 is 15.0 Å². The third-order valence-electron chi connectivity index (χ3n) is 8.06. The molecule has 2 aliphatic heterocycles. The molecule has 2 aliphatic rings. The number of nitrogens with one attached hydrogen (secondary N) is 1. The molecule has 6 aromatic rings. The number of ether oxygens (including phenoxy) is 1. The number of benzene rings is 3. The summed E-state index contributed by atoms with van der Waals surface area (Å²) in [5, 5.41) is 7.96. The van der Waals surface area contributed by atoms with Crippen LogP contribution in [0.4, 0.5) is 14.6 Å². The lowest BCUT2D eigenvalue weighted by Gasteiger charge is -2.25. The number of hydrogen-bond donors (Lipinski definition) is 1. The molecule has 1 amide bonds. The molecule has 0 spiro atoms. The molecule has 1 fully saturated rings. The average molecular weight is 579 g/mol. The normalized spacial score (nSPS) is 18.5. The zero-order valence-electron chi connectivity index (χ0n) is 22.7. The van der Waals surface area contributed by atoms with Crippen LogP contribution in [0.25, 0.3) is 38.9 Å². The fraction of sp³-hybridized carbons (Fsp3) is 0.194. The van der Waals surface area contributed by atoms with Gasteiger partial charge in [0.05, 0.1) is 35.5 Å². The van der Waals surface area contributed by atoms with Gasteiger partial charge in [-0.2, -0.15) is 5.10 Å². The lowest BCUT2D eigenvalue weighted by molar-refractivity contribution is -0.122. The Balaban J connectivity index is 1.19. The van der Waals surface area contributed by atoms with E-state index in [1.54, 1.807) is 6.33 Å². The molecule has 4 bridgehead atoms. The Morgan fingerprint density at radius 3 is 2.81 bits per heavy atom. The summed E-state index contributed by atoms with van der Waals surface area (Å²) in [5.41, 5.74) is 4.30. The second-order valence-corrected chi connectivity index (χ2v) is 10.7. The second kappa shape index (κ2) is 9.86. The van der Waals surface area contributed by atoms with Gasteiger partial charge < -0.3 is 19.5 Å². The number of nitrogens with zero attached hydrogens (tertiary/aromatic N) is 7. The maximum atomic E-state index is 14.7. The lowest BCUT2D eigenvalue weighted by atomic mass is 10.0. The number of amides is 1. The van der Waals surface area contributed by atoms with Crippen LogP contribution in [-0.2, 0) is 11.3 Å². The number of rotatable bonds is 2. The monoisotopic (exact) mass is 578 g/mol. The number of carbonyl (C=O) groups is 1. The van der Waals surface area contributed by atoms with Gasteiger partial charge in [-0.1, -0.05) is 24.3 Å². The first-order valence-electron chi connectivity index (χ1n) is 13.9. The van der Waals surface area contributed by atoms with Gasteiger partial charge in [-0.25, -0.2) is 28.4 Å². The van der Waals surface area contributed by atoms with Gasteiger partial charge in [-0.05, 0) is 35.9 Å². The summed E-state index contributed by atoms with van der Waals surface area (Å²) in [6, 6.07) is 16.6. The van der Waals surface area contributed by atoms with Crippen molar-refractivity contribution < 1.29 is 18.3 Å². The summed E-state index contributed by atoms with van der Waals surface area (Å²) in [6.45, 7) is 1.32. The van der Waals surface area contributed by atoms with E-state index < -0.39 is 17.7 Å². The summed E-state index contributed by atoms with van der Waals surface area (Å²) >= 11 is 0. The van der Waals surface area contributed by atoms with E-state index in [9.17, 15) is 13.6 Å². The van der Waals surface area contributed by atoms with Gasteiger partial charge in [0.1, 0.15) is 41.5 Å². The van der Waals surface area contributed by atoms with Crippen LogP contribution in [-0.4, -0.2) is 60.4 Å². The Bertz CT molecular complexity index is 2040. The minimum absolute atomic E-state index is 0.0537. The predicted octanol–water partition coefficient (Wildman–Crippen LogP) is 4.27. The molecule has 0 radical (unpaired) electrons. The van der Waals surface area contributed by atoms with E-state index in [-0.39, 0.29) is 17.7 Å². The second-order valence-electron chi connectivity index (χ2n) is 10.7. The van der Waals surface area contributed by atoms with Crippen LogP contribution in [0.5, 0.6) is 5.75 Å². The van der Waals surface area contributed by atoms with Crippen LogP contribution in [0.15, 0.2) is 79.5 Å². The van der Waals surface area contributed by atoms with E-state index in [1.807, 2.05) is 35.2 Å². The highest BCUT2D eigenvalue weighted by molar-refractivity contribution is 5.94. The van der Waals surface area contributed by atoms with Gasteiger partial charge in [0.25, 0.3) is 0 Å². The fourth-order valence-corrected chi connectivity index (χ4v) is 6.13. The molecule has 12 heteroatoms. The van der Waals surface area contributed by atoms with E-state index in [4.69, 9.17) is 4.74 Å². The number of fused-ring (bicyclic) bond motifs is 6. The molecule has 1 N–H and O–H groups in total. The number of para-hydroxylation sites is 1. The highest BCUT2D eigenvalue weighted by atomic mass is 19.1. The molecule has 43 heavy (non-hydrogen) atoms. The SMILES string of the molecule is O=C1NCCn2cnc3cccc(c32)-c2cccc(c2)O[C@H]2C[C@@H]1N(c1ncnc3c1cnn3-c1ccc(F)cc1F)C2. The van der Waals surface area contributed by atoms with Crippen molar-refractivity contribution in [2.75, 3.05) is 18.0 Å². The molecule has 0 saturated carbocycles. The first kappa shape index (κ1) is 25.3. The molecular formula is C31H24F2N8O2. The zero-order valence-corrected chi connectivity index (χ0v) is 22.7. The van der Waals surface area contributed by atoms with Crippen molar-refractivity contribution in [2.24, 2.45) is 0 Å². The Morgan fingerprint density at radius 2 is 1.91 bits per heavy atom. The number of aromatic nitrogens is 6. The number of halogens is 2. The quantitative estimate of drug-likeness (QED) is 0.328. The van der Waals surface area contributed by atoms with Gasteiger partial charge in [0, 0.05) is 31.1 Å². The lowest BCUT2D eigenvalue weighted by Crippen LogP contribution is -2.44. The molecule has 2 atom stereocenters. The Hall–Kier alpha value is -5.39. The number of hydrogen-bond acceptors (Lipinski definition) is 7. The van der Waals surface area contributed by atoms with Crippen LogP contribution in [0.3, 0.4) is 0 Å². The van der Waals surface area contributed by atoms with Crippen LogP contribution in [0.1, 0.15) is 6.42 Å². The summed E-state index contributed by atoms with van der Waals surface area (Å²) in [6.07, 6.45) is 4.79. The van der Waals surface area contributed by atoms with Crippen molar-refractivity contribution in [3.8, 4) is 22.6 Å². The topological polar surface area (TPSA) is 103 Å². The van der Waals surface area contributed by atoms with Crippen molar-refractivity contribution in [1.29, 1.82) is 0 Å². The summed E-state index contributed by atoms with van der Waals surface area (Å²) in [4.78, 5) is 29.0. The van der Waals surface area contributed by atoms with E-state index in [2.05, 4.69) is 42.1 Å². The van der Waals surface area contributed by atoms with Crippen molar-refractivity contribution in [3.05, 3.63) is 91.1 Å². The van der Waals surface area contributed by atoms with E-state index >= 15 is 0 Å². The third-order valence-corrected chi connectivity index (χ3v) is 8.06. The van der Waals surface area contributed by atoms with Gasteiger partial charge in [-0.3, -0.25) is 4.79 Å². The Morgan fingerprint density at radius 1 is 1.00 bits per heavy atom. The first-order chi connectivity index (χ1) is 21.0. The minimum Gasteiger partial charge on any atom is -0.488 e. The largest absolute Gasteiger partial charge is 0.488 e.